The lowest BCUT2D eigenvalue weighted by atomic mass is 10.00. The molecule has 2 unspecified atom stereocenters. The maximum atomic E-state index is 3.70. The highest BCUT2D eigenvalue weighted by Crippen LogP contribution is 2.35. The first-order valence-electron chi connectivity index (χ1n) is 7.40. The van der Waals surface area contributed by atoms with Crippen LogP contribution in [0.4, 0.5) is 11.4 Å². The summed E-state index contributed by atoms with van der Waals surface area (Å²) in [6.07, 6.45) is 6.71. The van der Waals surface area contributed by atoms with Gasteiger partial charge < -0.3 is 4.90 Å². The van der Waals surface area contributed by atoms with Crippen molar-refractivity contribution in [2.24, 2.45) is 5.92 Å². The van der Waals surface area contributed by atoms with Crippen LogP contribution >= 0.6 is 47.8 Å². The van der Waals surface area contributed by atoms with Crippen molar-refractivity contribution in [2.45, 2.75) is 11.8 Å². The zero-order chi connectivity index (χ0) is 16.4. The molecule has 0 heterocycles. The van der Waals surface area contributed by atoms with Crippen molar-refractivity contribution in [1.29, 1.82) is 0 Å². The molecule has 4 heteroatoms. The van der Waals surface area contributed by atoms with Crippen LogP contribution in [-0.2, 0) is 0 Å². The van der Waals surface area contributed by atoms with Gasteiger partial charge in [0.25, 0.3) is 0 Å². The first-order chi connectivity index (χ1) is 11.0. The molecule has 2 aromatic rings. The highest BCUT2D eigenvalue weighted by molar-refractivity contribution is 9.10. The highest BCUT2D eigenvalue weighted by atomic mass is 79.9. The van der Waals surface area contributed by atoms with E-state index in [0.29, 0.717) is 10.7 Å². The molecule has 0 N–H and O–H groups in total. The molecule has 1 aliphatic carbocycles. The molecule has 1 nitrogen and oxygen atoms in total. The minimum absolute atomic E-state index is 0.392. The molecule has 2 atom stereocenters. The van der Waals surface area contributed by atoms with Gasteiger partial charge in [-0.25, -0.2) is 0 Å². The second-order valence-electron chi connectivity index (χ2n) is 5.54. The van der Waals surface area contributed by atoms with E-state index < -0.39 is 0 Å². The van der Waals surface area contributed by atoms with Crippen molar-refractivity contribution >= 4 is 59.2 Å². The number of benzene rings is 2. The lowest BCUT2D eigenvalue weighted by Crippen LogP contribution is -2.20. The molecule has 1 aliphatic rings. The van der Waals surface area contributed by atoms with Crippen LogP contribution in [0.1, 0.15) is 6.92 Å². The SMILES string of the molecule is CC1C=C(N(c2ccc(Br)cc2)c2ccc(Br)cc2)C=CC1Br. The molecule has 23 heavy (non-hydrogen) atoms. The summed E-state index contributed by atoms with van der Waals surface area (Å²) in [6, 6.07) is 16.8. The Labute approximate surface area is 162 Å². The lowest BCUT2D eigenvalue weighted by molar-refractivity contribution is 0.750. The zero-order valence-corrected chi connectivity index (χ0v) is 17.3. The molecule has 0 aromatic heterocycles. The number of hydrogen-bond acceptors (Lipinski definition) is 1. The fourth-order valence-electron chi connectivity index (χ4n) is 2.56. The second kappa shape index (κ2) is 7.37. The van der Waals surface area contributed by atoms with Gasteiger partial charge in [0, 0.05) is 30.8 Å². The van der Waals surface area contributed by atoms with E-state index in [1.807, 2.05) is 0 Å². The van der Waals surface area contributed by atoms with Crippen molar-refractivity contribution in [3.05, 3.63) is 81.4 Å². The predicted molar refractivity (Wildman–Crippen MR) is 110 cm³/mol. The van der Waals surface area contributed by atoms with Crippen molar-refractivity contribution < 1.29 is 0 Å². The maximum Gasteiger partial charge on any atom is 0.0462 e. The molecule has 0 radical (unpaired) electrons. The van der Waals surface area contributed by atoms with Crippen molar-refractivity contribution in [3.8, 4) is 0 Å². The standard InChI is InChI=1S/C19H16Br3N/c1-13-12-18(10-11-19(13)22)23(16-6-2-14(20)3-7-16)17-8-4-15(21)5-9-17/h2-13,19H,1H3. The van der Waals surface area contributed by atoms with E-state index in [-0.39, 0.29) is 0 Å². The Morgan fingerprint density at radius 3 is 1.74 bits per heavy atom. The second-order valence-corrected chi connectivity index (χ2v) is 8.43. The van der Waals surface area contributed by atoms with Gasteiger partial charge in [-0.05, 0) is 60.5 Å². The Kier molecular flexibility index (Phi) is 5.45. The number of anilines is 2. The molecule has 0 fully saturated rings. The van der Waals surface area contributed by atoms with Gasteiger partial charge in [-0.3, -0.25) is 0 Å². The van der Waals surface area contributed by atoms with Crippen LogP contribution in [0.5, 0.6) is 0 Å². The van der Waals surface area contributed by atoms with Gasteiger partial charge in [0.1, 0.15) is 0 Å². The molecule has 0 saturated carbocycles. The van der Waals surface area contributed by atoms with Crippen molar-refractivity contribution in [1.82, 2.24) is 0 Å². The smallest absolute Gasteiger partial charge is 0.0462 e. The van der Waals surface area contributed by atoms with Gasteiger partial charge >= 0.3 is 0 Å². The predicted octanol–water partition coefficient (Wildman–Crippen LogP) is 7.20. The molecule has 0 saturated heterocycles. The molecule has 0 spiro atoms. The summed E-state index contributed by atoms with van der Waals surface area (Å²) in [6.45, 7) is 2.23. The average molecular weight is 498 g/mol. The summed E-state index contributed by atoms with van der Waals surface area (Å²) in [5, 5.41) is 0. The number of halogens is 3. The summed E-state index contributed by atoms with van der Waals surface area (Å²) >= 11 is 10.7. The van der Waals surface area contributed by atoms with E-state index in [1.54, 1.807) is 0 Å². The van der Waals surface area contributed by atoms with Gasteiger partial charge in [-0.2, -0.15) is 0 Å². The molecule has 118 valence electrons. The van der Waals surface area contributed by atoms with Gasteiger partial charge in [0.05, 0.1) is 0 Å². The Balaban J connectivity index is 2.07. The summed E-state index contributed by atoms with van der Waals surface area (Å²) in [5.74, 6) is 0.448. The Morgan fingerprint density at radius 2 is 1.30 bits per heavy atom. The molecule has 2 aromatic carbocycles. The van der Waals surface area contributed by atoms with Gasteiger partial charge in [0.15, 0.2) is 0 Å². The minimum atomic E-state index is 0.392. The van der Waals surface area contributed by atoms with Crippen LogP contribution in [0.3, 0.4) is 0 Å². The number of alkyl halides is 1. The Morgan fingerprint density at radius 1 is 0.826 bits per heavy atom. The van der Waals surface area contributed by atoms with Gasteiger partial charge in [0.2, 0.25) is 0 Å². The summed E-state index contributed by atoms with van der Waals surface area (Å²) in [4.78, 5) is 2.67. The third-order valence-corrected chi connectivity index (χ3v) is 6.01. The molecule has 0 bridgehead atoms. The van der Waals surface area contributed by atoms with E-state index in [2.05, 4.69) is 126 Å². The van der Waals surface area contributed by atoms with E-state index in [9.17, 15) is 0 Å². The third kappa shape index (κ3) is 3.98. The number of allylic oxidation sites excluding steroid dienone is 3. The van der Waals surface area contributed by atoms with Crippen molar-refractivity contribution in [3.63, 3.8) is 0 Å². The summed E-state index contributed by atoms with van der Waals surface area (Å²) in [7, 11) is 0. The van der Waals surface area contributed by atoms with Crippen LogP contribution < -0.4 is 4.90 Å². The Hall–Kier alpha value is -0.840. The van der Waals surface area contributed by atoms with E-state index >= 15 is 0 Å². The fourth-order valence-corrected chi connectivity index (χ4v) is 3.39. The van der Waals surface area contributed by atoms with Crippen LogP contribution in [0.2, 0.25) is 0 Å². The largest absolute Gasteiger partial charge is 0.311 e. The topological polar surface area (TPSA) is 3.24 Å². The molecule has 3 rings (SSSR count). The minimum Gasteiger partial charge on any atom is -0.311 e. The molecule has 0 aliphatic heterocycles. The van der Waals surface area contributed by atoms with E-state index in [4.69, 9.17) is 0 Å². The van der Waals surface area contributed by atoms with Crippen LogP contribution in [0.25, 0.3) is 0 Å². The average Bonchev–Trinajstić information content (AvgIpc) is 2.55. The van der Waals surface area contributed by atoms with Crippen LogP contribution in [0, 0.1) is 5.92 Å². The van der Waals surface area contributed by atoms with Crippen LogP contribution in [-0.4, -0.2) is 4.83 Å². The van der Waals surface area contributed by atoms with Crippen molar-refractivity contribution in [2.75, 3.05) is 4.90 Å². The van der Waals surface area contributed by atoms with Crippen LogP contribution in [0.15, 0.2) is 81.4 Å². The van der Waals surface area contributed by atoms with Gasteiger partial charge in [-0.15, -0.1) is 0 Å². The van der Waals surface area contributed by atoms with E-state index in [0.717, 1.165) is 20.3 Å². The third-order valence-electron chi connectivity index (χ3n) is 3.81. The fraction of sp³-hybridized carbons (Fsp3) is 0.158. The maximum absolute atomic E-state index is 3.70. The summed E-state index contributed by atoms with van der Waals surface area (Å²) < 4.78 is 2.16. The molecular formula is C19H16Br3N. The Bertz CT molecular complexity index is 687. The molecule has 0 amide bonds. The molecular weight excluding hydrogens is 482 g/mol. The summed E-state index contributed by atoms with van der Waals surface area (Å²) in [5.41, 5.74) is 3.48. The first kappa shape index (κ1) is 17.0. The van der Waals surface area contributed by atoms with E-state index in [1.165, 1.54) is 5.70 Å². The number of hydrogen-bond donors (Lipinski definition) is 0. The zero-order valence-electron chi connectivity index (χ0n) is 12.6. The highest BCUT2D eigenvalue weighted by Gasteiger charge is 2.19. The number of rotatable bonds is 3. The van der Waals surface area contributed by atoms with Gasteiger partial charge in [-0.1, -0.05) is 66.9 Å². The quantitative estimate of drug-likeness (QED) is 0.405. The monoisotopic (exact) mass is 495 g/mol. The number of nitrogens with zero attached hydrogens (tertiary/aromatic N) is 1. The normalized spacial score (nSPS) is 20.3. The lowest BCUT2D eigenvalue weighted by Gasteiger charge is -2.30. The first-order valence-corrected chi connectivity index (χ1v) is 9.90.